The molecular formula is C21H19N3O4S3. The van der Waals surface area contributed by atoms with Gasteiger partial charge in [-0.15, -0.1) is 15.7 Å². The maximum absolute atomic E-state index is 12.6. The quantitative estimate of drug-likeness (QED) is 0.455. The zero-order valence-corrected chi connectivity index (χ0v) is 19.2. The van der Waals surface area contributed by atoms with Gasteiger partial charge in [-0.05, 0) is 49.5 Å². The molecule has 4 aromatic rings. The summed E-state index contributed by atoms with van der Waals surface area (Å²) in [6.07, 6.45) is 0.562. The molecular weight excluding hydrogens is 454 g/mol. The highest BCUT2D eigenvalue weighted by atomic mass is 32.2. The number of carboxylic acid groups (broad SMARTS) is 1. The molecule has 0 spiro atoms. The molecule has 160 valence electrons. The fourth-order valence-electron chi connectivity index (χ4n) is 3.11. The first kappa shape index (κ1) is 21.4. The molecule has 0 saturated heterocycles. The predicted octanol–water partition coefficient (Wildman–Crippen LogP) is 4.05. The summed E-state index contributed by atoms with van der Waals surface area (Å²) in [5, 5.41) is 8.84. The van der Waals surface area contributed by atoms with Crippen LogP contribution in [0.5, 0.6) is 0 Å². The SMILES string of the molecule is Cc1ccc(S(=O)(=O)N=c2nc3sc(C)c(-c4ccc(CCC(=O)O)cc4)n3s2)cc1. The highest BCUT2D eigenvalue weighted by Gasteiger charge is 2.16. The Bertz CT molecular complexity index is 1430. The molecule has 10 heteroatoms. The van der Waals surface area contributed by atoms with Gasteiger partial charge in [0.05, 0.1) is 10.6 Å². The Labute approximate surface area is 187 Å². The molecule has 7 nitrogen and oxygen atoms in total. The average molecular weight is 474 g/mol. The van der Waals surface area contributed by atoms with E-state index in [-0.39, 0.29) is 16.1 Å². The van der Waals surface area contributed by atoms with Crippen molar-refractivity contribution in [1.82, 2.24) is 8.77 Å². The summed E-state index contributed by atoms with van der Waals surface area (Å²) in [6, 6.07) is 14.3. The Morgan fingerprint density at radius 2 is 1.77 bits per heavy atom. The molecule has 0 aliphatic carbocycles. The van der Waals surface area contributed by atoms with Crippen molar-refractivity contribution >= 4 is 43.8 Å². The van der Waals surface area contributed by atoms with E-state index in [1.54, 1.807) is 24.3 Å². The van der Waals surface area contributed by atoms with Crippen LogP contribution in [0.4, 0.5) is 0 Å². The van der Waals surface area contributed by atoms with Gasteiger partial charge >= 0.3 is 5.97 Å². The fraction of sp³-hybridized carbons (Fsp3) is 0.190. The van der Waals surface area contributed by atoms with Crippen LogP contribution in [0, 0.1) is 13.8 Å². The van der Waals surface area contributed by atoms with Gasteiger partial charge in [0.2, 0.25) is 9.76 Å². The minimum Gasteiger partial charge on any atom is -0.481 e. The van der Waals surface area contributed by atoms with Crippen LogP contribution in [0.2, 0.25) is 0 Å². The van der Waals surface area contributed by atoms with Crippen molar-refractivity contribution in [3.8, 4) is 11.3 Å². The van der Waals surface area contributed by atoms with Crippen LogP contribution in [0.3, 0.4) is 0 Å². The van der Waals surface area contributed by atoms with Gasteiger partial charge in [0.25, 0.3) is 10.0 Å². The Balaban J connectivity index is 1.71. The van der Waals surface area contributed by atoms with Crippen molar-refractivity contribution in [2.45, 2.75) is 31.6 Å². The number of aliphatic carboxylic acids is 1. The molecule has 0 atom stereocenters. The largest absolute Gasteiger partial charge is 0.481 e. The third-order valence-electron chi connectivity index (χ3n) is 4.69. The highest BCUT2D eigenvalue weighted by Crippen LogP contribution is 2.31. The van der Waals surface area contributed by atoms with Gasteiger partial charge in [0.15, 0.2) is 0 Å². The average Bonchev–Trinajstić information content (AvgIpc) is 3.22. The molecule has 0 radical (unpaired) electrons. The number of aromatic nitrogens is 2. The maximum atomic E-state index is 12.6. The Kier molecular flexibility index (Phi) is 5.78. The zero-order chi connectivity index (χ0) is 22.2. The van der Waals surface area contributed by atoms with Crippen LogP contribution in [0.25, 0.3) is 16.2 Å². The lowest BCUT2D eigenvalue weighted by molar-refractivity contribution is -0.136. The summed E-state index contributed by atoms with van der Waals surface area (Å²) in [5.74, 6) is -0.823. The van der Waals surface area contributed by atoms with Crippen molar-refractivity contribution < 1.29 is 18.3 Å². The van der Waals surface area contributed by atoms with E-state index >= 15 is 0 Å². The maximum Gasteiger partial charge on any atom is 0.303 e. The monoisotopic (exact) mass is 473 g/mol. The van der Waals surface area contributed by atoms with Gasteiger partial charge in [-0.1, -0.05) is 42.0 Å². The lowest BCUT2D eigenvalue weighted by Crippen LogP contribution is -2.06. The second-order valence-electron chi connectivity index (χ2n) is 7.04. The number of aryl methyl sites for hydroxylation is 3. The minimum atomic E-state index is -3.85. The van der Waals surface area contributed by atoms with E-state index in [9.17, 15) is 13.2 Å². The predicted molar refractivity (Wildman–Crippen MR) is 121 cm³/mol. The number of thiazole rings is 1. The molecule has 0 bridgehead atoms. The van der Waals surface area contributed by atoms with Crippen LogP contribution in [0.15, 0.2) is 57.8 Å². The number of nitrogens with zero attached hydrogens (tertiary/aromatic N) is 3. The lowest BCUT2D eigenvalue weighted by atomic mass is 10.1. The third-order valence-corrected chi connectivity index (χ3v) is 8.04. The fourth-order valence-corrected chi connectivity index (χ4v) is 6.33. The number of benzene rings is 2. The number of fused-ring (bicyclic) bond motifs is 1. The van der Waals surface area contributed by atoms with Crippen LogP contribution in [-0.4, -0.2) is 28.3 Å². The first-order valence-corrected chi connectivity index (χ1v) is 12.4. The summed E-state index contributed by atoms with van der Waals surface area (Å²) in [4.78, 5) is 17.2. The van der Waals surface area contributed by atoms with Gasteiger partial charge in [-0.25, -0.2) is 3.79 Å². The Morgan fingerprint density at radius 1 is 1.10 bits per heavy atom. The van der Waals surface area contributed by atoms with Crippen molar-refractivity contribution in [1.29, 1.82) is 0 Å². The Morgan fingerprint density at radius 3 is 2.42 bits per heavy atom. The molecule has 4 rings (SSSR count). The van der Waals surface area contributed by atoms with E-state index in [4.69, 9.17) is 5.11 Å². The topological polar surface area (TPSA) is 101 Å². The van der Waals surface area contributed by atoms with Crippen LogP contribution in [-0.2, 0) is 21.2 Å². The van der Waals surface area contributed by atoms with Crippen molar-refractivity contribution in [2.75, 3.05) is 0 Å². The summed E-state index contributed by atoms with van der Waals surface area (Å²) in [7, 11) is -3.85. The summed E-state index contributed by atoms with van der Waals surface area (Å²) in [6.45, 7) is 3.88. The standard InChI is InChI=1S/C21H19N3O4S3/c1-13-3-10-17(11-4-13)31(27,28)23-20-22-21-24(30-20)19(14(2)29-21)16-8-5-15(6-9-16)7-12-18(25)26/h3-6,8-11H,7,12H2,1-2H3,(H,25,26). The number of carbonyl (C=O) groups is 1. The third kappa shape index (κ3) is 4.60. The molecule has 2 aromatic carbocycles. The second-order valence-corrected chi connectivity index (χ2v) is 10.7. The van der Waals surface area contributed by atoms with Gasteiger partial charge in [0, 0.05) is 16.9 Å². The van der Waals surface area contributed by atoms with Crippen molar-refractivity contribution in [3.63, 3.8) is 0 Å². The van der Waals surface area contributed by atoms with Crippen LogP contribution >= 0.6 is 22.9 Å². The second kappa shape index (κ2) is 8.37. The molecule has 0 aliphatic heterocycles. The van der Waals surface area contributed by atoms with E-state index in [1.165, 1.54) is 22.9 Å². The molecule has 31 heavy (non-hydrogen) atoms. The van der Waals surface area contributed by atoms with E-state index in [0.29, 0.717) is 11.4 Å². The molecule has 2 aromatic heterocycles. The molecule has 2 heterocycles. The molecule has 1 N–H and O–H groups in total. The number of hydrogen-bond donors (Lipinski definition) is 1. The van der Waals surface area contributed by atoms with E-state index in [1.807, 2.05) is 41.9 Å². The van der Waals surface area contributed by atoms with Gasteiger partial charge in [-0.3, -0.25) is 4.79 Å². The summed E-state index contributed by atoms with van der Waals surface area (Å²) >= 11 is 2.64. The Hall–Kier alpha value is -2.82. The number of rotatable bonds is 6. The smallest absolute Gasteiger partial charge is 0.303 e. The number of sulfonamides is 1. The highest BCUT2D eigenvalue weighted by molar-refractivity contribution is 7.90. The van der Waals surface area contributed by atoms with Crippen molar-refractivity contribution in [3.05, 3.63) is 69.3 Å². The lowest BCUT2D eigenvalue weighted by Gasteiger charge is -2.04. The summed E-state index contributed by atoms with van der Waals surface area (Å²) in [5.41, 5.74) is 3.80. The number of hydrogen-bond acceptors (Lipinski definition) is 6. The van der Waals surface area contributed by atoms with E-state index in [2.05, 4.69) is 9.38 Å². The van der Waals surface area contributed by atoms with Gasteiger partial charge < -0.3 is 5.11 Å². The molecule has 0 unspecified atom stereocenters. The molecule has 0 aliphatic rings. The van der Waals surface area contributed by atoms with Crippen molar-refractivity contribution in [2.24, 2.45) is 4.40 Å². The molecule has 0 fully saturated rings. The first-order chi connectivity index (χ1) is 14.7. The zero-order valence-electron chi connectivity index (χ0n) is 16.8. The normalized spacial score (nSPS) is 12.5. The van der Waals surface area contributed by atoms with E-state index in [0.717, 1.165) is 27.3 Å². The molecule has 0 saturated carbocycles. The van der Waals surface area contributed by atoms with Crippen LogP contribution < -0.4 is 4.80 Å². The summed E-state index contributed by atoms with van der Waals surface area (Å²) < 4.78 is 31.1. The van der Waals surface area contributed by atoms with Gasteiger partial charge in [0.1, 0.15) is 0 Å². The minimum absolute atomic E-state index is 0.0883. The first-order valence-electron chi connectivity index (χ1n) is 9.41. The number of carboxylic acids is 1. The van der Waals surface area contributed by atoms with Crippen LogP contribution in [0.1, 0.15) is 22.4 Å². The van der Waals surface area contributed by atoms with Gasteiger partial charge in [-0.2, -0.15) is 13.4 Å². The molecule has 0 amide bonds. The van der Waals surface area contributed by atoms with E-state index < -0.39 is 16.0 Å².